The van der Waals surface area contributed by atoms with Crippen molar-refractivity contribution in [2.75, 3.05) is 6.26 Å². The van der Waals surface area contributed by atoms with Gasteiger partial charge in [0, 0.05) is 16.4 Å². The van der Waals surface area contributed by atoms with Crippen LogP contribution in [-0.2, 0) is 5.41 Å². The van der Waals surface area contributed by atoms with Gasteiger partial charge in [-0.25, -0.2) is 9.97 Å². The van der Waals surface area contributed by atoms with Crippen molar-refractivity contribution in [2.24, 2.45) is 4.99 Å². The third-order valence-corrected chi connectivity index (χ3v) is 6.45. The monoisotopic (exact) mass is 361 g/mol. The van der Waals surface area contributed by atoms with Crippen molar-refractivity contribution in [3.63, 3.8) is 0 Å². The van der Waals surface area contributed by atoms with Gasteiger partial charge < -0.3 is 0 Å². The van der Waals surface area contributed by atoms with Crippen LogP contribution in [0.25, 0.3) is 10.9 Å². The highest BCUT2D eigenvalue weighted by Crippen LogP contribution is 2.43. The van der Waals surface area contributed by atoms with Crippen LogP contribution >= 0.6 is 11.8 Å². The number of fused-ring (bicyclic) bond motifs is 2. The summed E-state index contributed by atoms with van der Waals surface area (Å²) in [6, 6.07) is 16.7. The Hall–Kier alpha value is -2.20. The first-order valence-electron chi connectivity index (χ1n) is 8.86. The van der Waals surface area contributed by atoms with Crippen LogP contribution in [0.15, 0.2) is 58.5 Å². The van der Waals surface area contributed by atoms with Crippen molar-refractivity contribution in [3.8, 4) is 0 Å². The van der Waals surface area contributed by atoms with Crippen LogP contribution in [0.3, 0.4) is 0 Å². The van der Waals surface area contributed by atoms with E-state index in [-0.39, 0.29) is 11.0 Å². The summed E-state index contributed by atoms with van der Waals surface area (Å²) in [6.07, 6.45) is 2.06. The average molecular weight is 362 g/mol. The zero-order chi connectivity index (χ0) is 18.5. The molecule has 4 rings (SSSR count). The lowest BCUT2D eigenvalue weighted by Gasteiger charge is -2.44. The average Bonchev–Trinajstić information content (AvgIpc) is 2.64. The molecule has 0 N–H and O–H groups in total. The van der Waals surface area contributed by atoms with Crippen LogP contribution in [0.1, 0.15) is 44.6 Å². The second-order valence-electron chi connectivity index (χ2n) is 7.76. The molecule has 3 aromatic rings. The molecule has 3 nitrogen and oxygen atoms in total. The predicted octanol–water partition coefficient (Wildman–Crippen LogP) is 5.26. The van der Waals surface area contributed by atoms with Gasteiger partial charge in [0.2, 0.25) is 0 Å². The second-order valence-corrected chi connectivity index (χ2v) is 8.56. The third-order valence-electron chi connectivity index (χ3n) is 5.75. The van der Waals surface area contributed by atoms with Crippen molar-refractivity contribution in [2.45, 2.75) is 43.7 Å². The molecule has 4 heteroatoms. The van der Waals surface area contributed by atoms with Gasteiger partial charge in [-0.05, 0) is 31.7 Å². The summed E-state index contributed by atoms with van der Waals surface area (Å²) in [5.74, 6) is 0.712. The first kappa shape index (κ1) is 17.2. The van der Waals surface area contributed by atoms with Crippen molar-refractivity contribution in [1.82, 2.24) is 9.97 Å². The van der Waals surface area contributed by atoms with Crippen LogP contribution in [0, 0.1) is 0 Å². The largest absolute Gasteiger partial charge is 0.274 e. The Labute approximate surface area is 159 Å². The molecule has 0 bridgehead atoms. The molecule has 0 saturated carbocycles. The minimum atomic E-state index is -0.245. The Kier molecular flexibility index (Phi) is 3.92. The molecule has 2 heterocycles. The molecule has 0 atom stereocenters. The highest BCUT2D eigenvalue weighted by atomic mass is 32.2. The first-order valence-corrected chi connectivity index (χ1v) is 10.1. The van der Waals surface area contributed by atoms with E-state index in [1.165, 1.54) is 5.56 Å². The van der Waals surface area contributed by atoms with Gasteiger partial charge in [0.15, 0.2) is 5.82 Å². The standard InChI is InChI=1S/C22H23N3S/c1-21(2)16-12-8-6-10-14(16)18(25-22(21,3)4)19-23-17-13-9-7-11-15(17)20(24-19)26-5/h6-13H,1-5H3. The molecule has 0 fully saturated rings. The van der Waals surface area contributed by atoms with Crippen molar-refractivity contribution < 1.29 is 0 Å². The molecule has 0 amide bonds. The summed E-state index contributed by atoms with van der Waals surface area (Å²) < 4.78 is 0. The molecule has 26 heavy (non-hydrogen) atoms. The fourth-order valence-corrected chi connectivity index (χ4v) is 4.09. The van der Waals surface area contributed by atoms with Crippen molar-refractivity contribution >= 4 is 28.4 Å². The fourth-order valence-electron chi connectivity index (χ4n) is 3.52. The summed E-state index contributed by atoms with van der Waals surface area (Å²) in [6.45, 7) is 8.92. The van der Waals surface area contributed by atoms with E-state index in [9.17, 15) is 0 Å². The van der Waals surface area contributed by atoms with Gasteiger partial charge >= 0.3 is 0 Å². The van der Waals surface area contributed by atoms with Gasteiger partial charge in [-0.15, -0.1) is 11.8 Å². The quantitative estimate of drug-likeness (QED) is 0.462. The van der Waals surface area contributed by atoms with E-state index in [2.05, 4.69) is 64.3 Å². The number of benzene rings is 2. The highest BCUT2D eigenvalue weighted by molar-refractivity contribution is 7.98. The number of hydrogen-bond donors (Lipinski definition) is 0. The van der Waals surface area contributed by atoms with Crippen LogP contribution in [-0.4, -0.2) is 27.5 Å². The normalized spacial score (nSPS) is 17.7. The molecule has 1 aromatic heterocycles. The van der Waals surface area contributed by atoms with E-state index in [4.69, 9.17) is 15.0 Å². The topological polar surface area (TPSA) is 38.1 Å². The number of para-hydroxylation sites is 1. The maximum absolute atomic E-state index is 5.14. The maximum atomic E-state index is 5.14. The lowest BCUT2D eigenvalue weighted by molar-refractivity contribution is 0.303. The zero-order valence-corrected chi connectivity index (χ0v) is 16.7. The van der Waals surface area contributed by atoms with Crippen molar-refractivity contribution in [1.29, 1.82) is 0 Å². The van der Waals surface area contributed by atoms with Gasteiger partial charge in [-0.2, -0.15) is 0 Å². The van der Waals surface area contributed by atoms with E-state index >= 15 is 0 Å². The Morgan fingerprint density at radius 2 is 1.54 bits per heavy atom. The van der Waals surface area contributed by atoms with E-state index in [0.29, 0.717) is 5.82 Å². The van der Waals surface area contributed by atoms with E-state index in [1.807, 2.05) is 18.2 Å². The molecule has 0 aliphatic carbocycles. The lowest BCUT2D eigenvalue weighted by atomic mass is 9.66. The molecule has 1 aliphatic heterocycles. The number of nitrogens with zero attached hydrogens (tertiary/aromatic N) is 3. The summed E-state index contributed by atoms with van der Waals surface area (Å²) in [5, 5.41) is 2.08. The van der Waals surface area contributed by atoms with E-state index < -0.39 is 0 Å². The minimum Gasteiger partial charge on any atom is -0.274 e. The summed E-state index contributed by atoms with van der Waals surface area (Å²) >= 11 is 1.65. The smallest absolute Gasteiger partial charge is 0.180 e. The van der Waals surface area contributed by atoms with E-state index in [1.54, 1.807) is 11.8 Å². The van der Waals surface area contributed by atoms with Crippen LogP contribution < -0.4 is 0 Å². The maximum Gasteiger partial charge on any atom is 0.180 e. The molecular formula is C22H23N3S. The van der Waals surface area contributed by atoms with Gasteiger partial charge in [-0.3, -0.25) is 4.99 Å². The fraction of sp³-hybridized carbons (Fsp3) is 0.318. The molecule has 132 valence electrons. The summed E-state index contributed by atoms with van der Waals surface area (Å²) in [5.41, 5.74) is 3.99. The summed E-state index contributed by atoms with van der Waals surface area (Å²) in [4.78, 5) is 14.9. The molecule has 0 radical (unpaired) electrons. The molecule has 2 aromatic carbocycles. The second kappa shape index (κ2) is 5.92. The van der Waals surface area contributed by atoms with Gasteiger partial charge in [0.05, 0.1) is 11.1 Å². The number of rotatable bonds is 2. The van der Waals surface area contributed by atoms with Crippen LogP contribution in [0.2, 0.25) is 0 Å². The Morgan fingerprint density at radius 3 is 2.31 bits per heavy atom. The molecule has 0 unspecified atom stereocenters. The van der Waals surface area contributed by atoms with Gasteiger partial charge in [0.25, 0.3) is 0 Å². The third kappa shape index (κ3) is 2.47. The number of aliphatic imine (C=N–C) groups is 1. The molecule has 1 aliphatic rings. The minimum absolute atomic E-state index is 0.0632. The summed E-state index contributed by atoms with van der Waals surface area (Å²) in [7, 11) is 0. The lowest BCUT2D eigenvalue weighted by Crippen LogP contribution is -2.46. The zero-order valence-electron chi connectivity index (χ0n) is 15.9. The van der Waals surface area contributed by atoms with E-state index in [0.717, 1.165) is 27.2 Å². The van der Waals surface area contributed by atoms with Gasteiger partial charge in [0.1, 0.15) is 10.7 Å². The number of thioether (sulfide) groups is 1. The first-order chi connectivity index (χ1) is 12.3. The molecule has 0 spiro atoms. The predicted molar refractivity (Wildman–Crippen MR) is 111 cm³/mol. The Morgan fingerprint density at radius 1 is 0.846 bits per heavy atom. The molecule has 0 saturated heterocycles. The van der Waals surface area contributed by atoms with Crippen LogP contribution in [0.4, 0.5) is 0 Å². The Balaban J connectivity index is 2.01. The SMILES string of the molecule is CSc1nc(C2=NC(C)(C)C(C)(C)c3ccccc32)nc2ccccc12. The van der Waals surface area contributed by atoms with Crippen LogP contribution in [0.5, 0.6) is 0 Å². The van der Waals surface area contributed by atoms with Crippen molar-refractivity contribution in [3.05, 3.63) is 65.5 Å². The van der Waals surface area contributed by atoms with Gasteiger partial charge in [-0.1, -0.05) is 56.3 Å². The number of hydrogen-bond acceptors (Lipinski definition) is 4. The molecular weight excluding hydrogens is 338 g/mol. The highest BCUT2D eigenvalue weighted by Gasteiger charge is 2.44. The Bertz CT molecular complexity index is 1030. The number of aromatic nitrogens is 2.